The summed E-state index contributed by atoms with van der Waals surface area (Å²) < 4.78 is 12.1. The molecular weight excluding hydrogens is 224 g/mol. The van der Waals surface area contributed by atoms with E-state index >= 15 is 0 Å². The lowest BCUT2D eigenvalue weighted by Gasteiger charge is -2.25. The fraction of sp³-hybridized carbons (Fsp3) is 0.333. The van der Waals surface area contributed by atoms with Crippen molar-refractivity contribution in [3.05, 3.63) is 41.8 Å². The van der Waals surface area contributed by atoms with Gasteiger partial charge in [-0.3, -0.25) is 5.26 Å². The molecule has 0 amide bonds. The van der Waals surface area contributed by atoms with Crippen LogP contribution in [0, 0.1) is 0 Å². The summed E-state index contributed by atoms with van der Waals surface area (Å²) in [4.78, 5) is 5.42. The van der Waals surface area contributed by atoms with Crippen molar-refractivity contribution in [3.8, 4) is 0 Å². The molecule has 0 saturated carbocycles. The van der Waals surface area contributed by atoms with Gasteiger partial charge < -0.3 is 0 Å². The minimum atomic E-state index is -1.38. The Labute approximate surface area is 98.1 Å². The molecular formula is C12H16O3S. The van der Waals surface area contributed by atoms with E-state index in [2.05, 4.69) is 11.5 Å². The first kappa shape index (κ1) is 13.1. The molecule has 0 aromatic heterocycles. The zero-order chi connectivity index (χ0) is 12.2. The minimum Gasteiger partial charge on any atom is -0.251 e. The molecule has 3 nitrogen and oxygen atoms in total. The molecule has 1 aromatic carbocycles. The van der Waals surface area contributed by atoms with Crippen LogP contribution in [0.2, 0.25) is 0 Å². The molecule has 0 aliphatic rings. The van der Waals surface area contributed by atoms with Crippen LogP contribution in [0.5, 0.6) is 0 Å². The number of benzene rings is 1. The number of rotatable bonds is 5. The van der Waals surface area contributed by atoms with Gasteiger partial charge >= 0.3 is 0 Å². The molecule has 0 heterocycles. The van der Waals surface area contributed by atoms with Gasteiger partial charge in [-0.1, -0.05) is 31.7 Å². The van der Waals surface area contributed by atoms with Crippen molar-refractivity contribution >= 4 is 10.8 Å². The highest BCUT2D eigenvalue weighted by atomic mass is 32.2. The van der Waals surface area contributed by atoms with Crippen LogP contribution in [0.1, 0.15) is 20.3 Å². The smallest absolute Gasteiger partial charge is 0.133 e. The maximum Gasteiger partial charge on any atom is 0.133 e. The Morgan fingerprint density at radius 3 is 2.50 bits per heavy atom. The quantitative estimate of drug-likeness (QED) is 0.635. The molecule has 1 aromatic rings. The Kier molecular flexibility index (Phi) is 4.41. The maximum absolute atomic E-state index is 12.1. The summed E-state index contributed by atoms with van der Waals surface area (Å²) in [5, 5.41) is 8.86. The molecule has 0 aliphatic carbocycles. The van der Waals surface area contributed by atoms with E-state index < -0.39 is 16.4 Å². The first-order chi connectivity index (χ1) is 7.55. The van der Waals surface area contributed by atoms with Crippen molar-refractivity contribution in [2.75, 3.05) is 0 Å². The highest BCUT2D eigenvalue weighted by molar-refractivity contribution is 7.89. The number of hydrogen-bond donors (Lipinski definition) is 1. The third-order valence-electron chi connectivity index (χ3n) is 2.65. The van der Waals surface area contributed by atoms with E-state index in [4.69, 9.17) is 5.26 Å². The maximum atomic E-state index is 12.1. The van der Waals surface area contributed by atoms with Gasteiger partial charge in [-0.2, -0.15) is 0 Å². The molecule has 16 heavy (non-hydrogen) atoms. The van der Waals surface area contributed by atoms with Crippen LogP contribution in [0.25, 0.3) is 0 Å². The predicted molar refractivity (Wildman–Crippen MR) is 64.4 cm³/mol. The molecule has 2 atom stereocenters. The molecule has 2 unspecified atom stereocenters. The van der Waals surface area contributed by atoms with E-state index in [0.717, 1.165) is 0 Å². The molecule has 0 radical (unpaired) electrons. The summed E-state index contributed by atoms with van der Waals surface area (Å²) >= 11 is 0. The van der Waals surface area contributed by atoms with Gasteiger partial charge in [0, 0.05) is 9.80 Å². The average molecular weight is 240 g/mol. The van der Waals surface area contributed by atoms with Crippen LogP contribution in [-0.2, 0) is 15.7 Å². The monoisotopic (exact) mass is 240 g/mol. The molecule has 1 rings (SSSR count). The van der Waals surface area contributed by atoms with E-state index in [9.17, 15) is 4.21 Å². The summed E-state index contributed by atoms with van der Waals surface area (Å²) in [6, 6.07) is 8.99. The van der Waals surface area contributed by atoms with Crippen molar-refractivity contribution in [3.63, 3.8) is 0 Å². The van der Waals surface area contributed by atoms with Gasteiger partial charge in [0.1, 0.15) is 5.60 Å². The van der Waals surface area contributed by atoms with Crippen LogP contribution >= 0.6 is 0 Å². The minimum absolute atomic E-state index is 0.365. The van der Waals surface area contributed by atoms with Gasteiger partial charge in [0.05, 0.1) is 10.8 Å². The average Bonchev–Trinajstić information content (AvgIpc) is 2.37. The Bertz CT molecular complexity index is 383. The van der Waals surface area contributed by atoms with E-state index in [1.165, 1.54) is 0 Å². The van der Waals surface area contributed by atoms with Crippen molar-refractivity contribution in [1.82, 2.24) is 0 Å². The molecule has 1 N–H and O–H groups in total. The largest absolute Gasteiger partial charge is 0.251 e. The molecule has 0 saturated heterocycles. The van der Waals surface area contributed by atoms with Crippen LogP contribution < -0.4 is 0 Å². The summed E-state index contributed by atoms with van der Waals surface area (Å²) in [5.41, 5.74) is -0.972. The highest BCUT2D eigenvalue weighted by Crippen LogP contribution is 2.28. The fourth-order valence-corrected chi connectivity index (χ4v) is 2.46. The Balaban J connectivity index is 2.95. The Morgan fingerprint density at radius 2 is 2.06 bits per heavy atom. The second-order valence-electron chi connectivity index (χ2n) is 3.68. The third kappa shape index (κ3) is 2.58. The summed E-state index contributed by atoms with van der Waals surface area (Å²) in [6.07, 6.45) is 0.501. The molecule has 88 valence electrons. The van der Waals surface area contributed by atoms with Gasteiger partial charge in [0.15, 0.2) is 0 Å². The lowest BCUT2D eigenvalue weighted by molar-refractivity contribution is -0.304. The van der Waals surface area contributed by atoms with Crippen molar-refractivity contribution in [2.24, 2.45) is 0 Å². The van der Waals surface area contributed by atoms with Gasteiger partial charge in [-0.25, -0.2) is 9.10 Å². The molecule has 0 fully saturated rings. The van der Waals surface area contributed by atoms with Crippen molar-refractivity contribution in [2.45, 2.75) is 30.8 Å². The van der Waals surface area contributed by atoms with Gasteiger partial charge in [-0.05, 0) is 25.5 Å². The lowest BCUT2D eigenvalue weighted by Crippen LogP contribution is -2.30. The van der Waals surface area contributed by atoms with Crippen LogP contribution in [0.15, 0.2) is 46.7 Å². The van der Waals surface area contributed by atoms with Crippen LogP contribution in [0.3, 0.4) is 0 Å². The first-order valence-corrected chi connectivity index (χ1v) is 6.19. The van der Waals surface area contributed by atoms with E-state index in [1.807, 2.05) is 25.1 Å². The Hall–Kier alpha value is -0.970. The SMILES string of the molecule is C=C(S(=O)c1ccccc1)C(C)(CC)OO. The zero-order valence-electron chi connectivity index (χ0n) is 9.47. The van der Waals surface area contributed by atoms with Crippen LogP contribution in [-0.4, -0.2) is 15.1 Å². The van der Waals surface area contributed by atoms with Crippen molar-refractivity contribution in [1.29, 1.82) is 0 Å². The van der Waals surface area contributed by atoms with Crippen molar-refractivity contribution < 1.29 is 14.4 Å². The molecule has 0 bridgehead atoms. The summed E-state index contributed by atoms with van der Waals surface area (Å²) in [6.45, 7) is 7.26. The number of hydrogen-bond acceptors (Lipinski definition) is 3. The predicted octanol–water partition coefficient (Wildman–Crippen LogP) is 2.97. The second kappa shape index (κ2) is 5.39. The standard InChI is InChI=1S/C12H16O3S/c1-4-12(3,15-13)10(2)16(14)11-8-6-5-7-9-11/h5-9,13H,2,4H2,1,3H3. The van der Waals surface area contributed by atoms with E-state index in [1.54, 1.807) is 19.1 Å². The second-order valence-corrected chi connectivity index (χ2v) is 5.18. The molecule has 4 heteroatoms. The fourth-order valence-electron chi connectivity index (χ4n) is 1.20. The van der Waals surface area contributed by atoms with Gasteiger partial charge in [-0.15, -0.1) is 0 Å². The van der Waals surface area contributed by atoms with E-state index in [0.29, 0.717) is 16.2 Å². The summed E-state index contributed by atoms with van der Waals surface area (Å²) in [7, 11) is -1.38. The van der Waals surface area contributed by atoms with Crippen LogP contribution in [0.4, 0.5) is 0 Å². The lowest BCUT2D eigenvalue weighted by atomic mass is 10.0. The van der Waals surface area contributed by atoms with Gasteiger partial charge in [0.25, 0.3) is 0 Å². The first-order valence-electron chi connectivity index (χ1n) is 5.04. The van der Waals surface area contributed by atoms with E-state index in [-0.39, 0.29) is 0 Å². The zero-order valence-corrected chi connectivity index (χ0v) is 10.3. The van der Waals surface area contributed by atoms with Gasteiger partial charge in [0.2, 0.25) is 0 Å². The topological polar surface area (TPSA) is 46.5 Å². The summed E-state index contributed by atoms with van der Waals surface area (Å²) in [5.74, 6) is 0. The molecule has 0 aliphatic heterocycles. The third-order valence-corrected chi connectivity index (χ3v) is 4.23. The Morgan fingerprint density at radius 1 is 1.50 bits per heavy atom. The normalized spacial score (nSPS) is 16.4. The highest BCUT2D eigenvalue weighted by Gasteiger charge is 2.31. The molecule has 0 spiro atoms.